The number of morpholine rings is 1. The number of hydrogen-bond donors (Lipinski definition) is 0. The monoisotopic (exact) mass is 309 g/mol. The van der Waals surface area contributed by atoms with Crippen molar-refractivity contribution in [2.45, 2.75) is 85.9 Å². The Balaban J connectivity index is 1.71. The second-order valence-electron chi connectivity index (χ2n) is 9.40. The normalized spacial score (nSPS) is 36.3. The van der Waals surface area contributed by atoms with Crippen LogP contribution in [0.15, 0.2) is 0 Å². The number of ether oxygens (including phenoxy) is 1. The zero-order chi connectivity index (χ0) is 16.3. The molecule has 3 atom stereocenters. The molecule has 1 heterocycles. The highest BCUT2D eigenvalue weighted by Crippen LogP contribution is 2.41. The molecule has 1 aliphatic heterocycles. The number of rotatable bonds is 4. The molecule has 0 spiro atoms. The predicted octanol–water partition coefficient (Wildman–Crippen LogP) is 4.97. The molecule has 1 unspecified atom stereocenters. The van der Waals surface area contributed by atoms with E-state index in [2.05, 4.69) is 46.4 Å². The van der Waals surface area contributed by atoms with Crippen LogP contribution >= 0.6 is 0 Å². The molecule has 2 heteroatoms. The Bertz CT molecular complexity index is 317. The summed E-state index contributed by atoms with van der Waals surface area (Å²) in [4.78, 5) is 2.63. The number of nitrogens with zero attached hydrogens (tertiary/aromatic N) is 1. The Morgan fingerprint density at radius 3 is 2.05 bits per heavy atom. The third-order valence-electron chi connectivity index (χ3n) is 5.87. The summed E-state index contributed by atoms with van der Waals surface area (Å²) < 4.78 is 5.85. The summed E-state index contributed by atoms with van der Waals surface area (Å²) in [5.74, 6) is 2.75. The van der Waals surface area contributed by atoms with Gasteiger partial charge in [0.15, 0.2) is 0 Å². The van der Waals surface area contributed by atoms with Gasteiger partial charge in [-0.25, -0.2) is 0 Å². The van der Waals surface area contributed by atoms with Gasteiger partial charge in [-0.2, -0.15) is 0 Å². The van der Waals surface area contributed by atoms with Crippen LogP contribution in [-0.2, 0) is 4.74 Å². The van der Waals surface area contributed by atoms with E-state index in [9.17, 15) is 0 Å². The van der Waals surface area contributed by atoms with Gasteiger partial charge in [-0.15, -0.1) is 0 Å². The molecule has 0 amide bonds. The summed E-state index contributed by atoms with van der Waals surface area (Å²) in [5, 5.41) is 0. The largest absolute Gasteiger partial charge is 0.373 e. The summed E-state index contributed by atoms with van der Waals surface area (Å²) in [6.45, 7) is 17.6. The molecule has 1 saturated heterocycles. The van der Waals surface area contributed by atoms with Gasteiger partial charge in [-0.05, 0) is 56.3 Å². The van der Waals surface area contributed by atoms with E-state index in [0.29, 0.717) is 17.6 Å². The third-order valence-corrected chi connectivity index (χ3v) is 5.87. The van der Waals surface area contributed by atoms with E-state index in [1.807, 2.05) is 0 Å². The fraction of sp³-hybridized carbons (Fsp3) is 1.00. The zero-order valence-corrected chi connectivity index (χ0v) is 15.9. The molecule has 130 valence electrons. The van der Waals surface area contributed by atoms with Crippen LogP contribution in [0, 0.1) is 23.2 Å². The van der Waals surface area contributed by atoms with E-state index >= 15 is 0 Å². The van der Waals surface area contributed by atoms with Gasteiger partial charge in [0.2, 0.25) is 0 Å². The SMILES string of the molecule is CC(CN1C[C@@H](C)O[C@@H](C)C1)C[C@H]1CC[C@H](C(C)(C)C)CC1. The maximum absolute atomic E-state index is 5.85. The molecule has 2 nitrogen and oxygen atoms in total. The molecular weight excluding hydrogens is 270 g/mol. The summed E-state index contributed by atoms with van der Waals surface area (Å²) in [6, 6.07) is 0. The van der Waals surface area contributed by atoms with E-state index in [1.54, 1.807) is 0 Å². The van der Waals surface area contributed by atoms with E-state index in [4.69, 9.17) is 4.74 Å². The standard InChI is InChI=1S/C20H39NO/c1-15(12-21-13-16(2)22-17(3)14-21)11-18-7-9-19(10-8-18)20(4,5)6/h15-19H,7-14H2,1-6H3/t15?,16-,17+,18-,19-. The minimum Gasteiger partial charge on any atom is -0.373 e. The fourth-order valence-electron chi connectivity index (χ4n) is 4.78. The minimum absolute atomic E-state index is 0.401. The van der Waals surface area contributed by atoms with Crippen LogP contribution in [0.3, 0.4) is 0 Å². The lowest BCUT2D eigenvalue weighted by Gasteiger charge is -2.39. The Hall–Kier alpha value is -0.0800. The maximum atomic E-state index is 5.85. The molecule has 1 aliphatic carbocycles. The van der Waals surface area contributed by atoms with Gasteiger partial charge < -0.3 is 4.74 Å². The Morgan fingerprint density at radius 1 is 1.00 bits per heavy atom. The lowest BCUT2D eigenvalue weighted by molar-refractivity contribution is -0.0716. The molecule has 22 heavy (non-hydrogen) atoms. The van der Waals surface area contributed by atoms with Crippen molar-refractivity contribution >= 4 is 0 Å². The quantitative estimate of drug-likeness (QED) is 0.726. The van der Waals surface area contributed by atoms with Crippen LogP contribution in [0.4, 0.5) is 0 Å². The summed E-state index contributed by atoms with van der Waals surface area (Å²) >= 11 is 0. The van der Waals surface area contributed by atoms with Crippen molar-refractivity contribution in [1.82, 2.24) is 4.90 Å². The smallest absolute Gasteiger partial charge is 0.0678 e. The highest BCUT2D eigenvalue weighted by Gasteiger charge is 2.30. The van der Waals surface area contributed by atoms with Gasteiger partial charge in [0.1, 0.15) is 0 Å². The number of hydrogen-bond acceptors (Lipinski definition) is 2. The van der Waals surface area contributed by atoms with Gasteiger partial charge in [0.25, 0.3) is 0 Å². The van der Waals surface area contributed by atoms with Gasteiger partial charge in [-0.3, -0.25) is 4.90 Å². The first-order valence-corrected chi connectivity index (χ1v) is 9.62. The molecule has 2 fully saturated rings. The Morgan fingerprint density at radius 2 is 1.55 bits per heavy atom. The van der Waals surface area contributed by atoms with Crippen molar-refractivity contribution < 1.29 is 4.74 Å². The molecule has 1 saturated carbocycles. The van der Waals surface area contributed by atoms with E-state index in [-0.39, 0.29) is 0 Å². The average Bonchev–Trinajstić information content (AvgIpc) is 2.36. The van der Waals surface area contributed by atoms with Crippen LogP contribution in [0.5, 0.6) is 0 Å². The lowest BCUT2D eigenvalue weighted by Crippen LogP contribution is -2.47. The summed E-state index contributed by atoms with van der Waals surface area (Å²) in [5.41, 5.74) is 0.511. The lowest BCUT2D eigenvalue weighted by atomic mass is 9.68. The molecule has 2 rings (SSSR count). The Kier molecular flexibility index (Phi) is 6.36. The molecule has 0 aromatic heterocycles. The average molecular weight is 310 g/mol. The van der Waals surface area contributed by atoms with Crippen molar-refractivity contribution in [2.24, 2.45) is 23.2 Å². The molecule has 0 N–H and O–H groups in total. The fourth-order valence-corrected chi connectivity index (χ4v) is 4.78. The van der Waals surface area contributed by atoms with Crippen molar-refractivity contribution in [3.05, 3.63) is 0 Å². The van der Waals surface area contributed by atoms with Crippen molar-refractivity contribution in [2.75, 3.05) is 19.6 Å². The van der Waals surface area contributed by atoms with Crippen molar-refractivity contribution in [3.8, 4) is 0 Å². The molecule has 2 aliphatic rings. The predicted molar refractivity (Wildman–Crippen MR) is 95.1 cm³/mol. The Labute approximate surface area is 139 Å². The van der Waals surface area contributed by atoms with Crippen LogP contribution in [0.1, 0.15) is 73.6 Å². The van der Waals surface area contributed by atoms with Crippen LogP contribution in [-0.4, -0.2) is 36.7 Å². The third kappa shape index (κ3) is 5.53. The second kappa shape index (κ2) is 7.66. The second-order valence-corrected chi connectivity index (χ2v) is 9.40. The first kappa shape index (κ1) is 18.3. The van der Waals surface area contributed by atoms with Crippen molar-refractivity contribution in [1.29, 1.82) is 0 Å². The maximum Gasteiger partial charge on any atom is 0.0678 e. The van der Waals surface area contributed by atoms with Gasteiger partial charge in [0.05, 0.1) is 12.2 Å². The van der Waals surface area contributed by atoms with Crippen molar-refractivity contribution in [3.63, 3.8) is 0 Å². The first-order chi connectivity index (χ1) is 10.2. The van der Waals surface area contributed by atoms with E-state index in [0.717, 1.165) is 30.8 Å². The topological polar surface area (TPSA) is 12.5 Å². The van der Waals surface area contributed by atoms with Gasteiger partial charge >= 0.3 is 0 Å². The van der Waals surface area contributed by atoms with Crippen LogP contribution in [0.2, 0.25) is 0 Å². The van der Waals surface area contributed by atoms with E-state index < -0.39 is 0 Å². The highest BCUT2D eigenvalue weighted by molar-refractivity contribution is 4.82. The van der Waals surface area contributed by atoms with Gasteiger partial charge in [0, 0.05) is 19.6 Å². The molecule has 0 aromatic carbocycles. The van der Waals surface area contributed by atoms with Crippen LogP contribution in [0.25, 0.3) is 0 Å². The summed E-state index contributed by atoms with van der Waals surface area (Å²) in [6.07, 6.45) is 8.05. The molecule has 0 aromatic rings. The van der Waals surface area contributed by atoms with Crippen LogP contribution < -0.4 is 0 Å². The first-order valence-electron chi connectivity index (χ1n) is 9.62. The molecule has 0 radical (unpaired) electrons. The minimum atomic E-state index is 0.401. The molecule has 0 bridgehead atoms. The summed E-state index contributed by atoms with van der Waals surface area (Å²) in [7, 11) is 0. The van der Waals surface area contributed by atoms with E-state index in [1.165, 1.54) is 38.6 Å². The molecular formula is C20H39NO. The van der Waals surface area contributed by atoms with Gasteiger partial charge in [-0.1, -0.05) is 40.5 Å². The zero-order valence-electron chi connectivity index (χ0n) is 15.9. The highest BCUT2D eigenvalue weighted by atomic mass is 16.5.